The molecule has 2 aromatic rings. The predicted molar refractivity (Wildman–Crippen MR) is 102 cm³/mol. The van der Waals surface area contributed by atoms with Gasteiger partial charge in [0.25, 0.3) is 5.91 Å². The molecule has 1 fully saturated rings. The van der Waals surface area contributed by atoms with Crippen LogP contribution in [0.15, 0.2) is 33.5 Å². The minimum atomic E-state index is -0.277. The molecule has 0 spiro atoms. The number of nitrogens with zero attached hydrogens (tertiary/aromatic N) is 1. The van der Waals surface area contributed by atoms with E-state index in [1.54, 1.807) is 4.90 Å². The summed E-state index contributed by atoms with van der Waals surface area (Å²) in [6.45, 7) is 5.36. The molecule has 1 aromatic carbocycles. The first-order chi connectivity index (χ1) is 10.8. The minimum absolute atomic E-state index is 0. The predicted octanol–water partition coefficient (Wildman–Crippen LogP) is 2.91. The standard InChI is InChI=1S/C17H20BrN3O2.ClH/c1-17(2)9-21(7-6-13(17)19)16(23)11-8-14(22)20-15-10(11)4-3-5-12(15)18;/h3-5,8,13H,6-7,9,19H2,1-2H3,(H,20,22);1H. The van der Waals surface area contributed by atoms with Gasteiger partial charge in [0.1, 0.15) is 0 Å². The number of piperidine rings is 1. The van der Waals surface area contributed by atoms with Gasteiger partial charge in [0.15, 0.2) is 0 Å². The molecule has 130 valence electrons. The molecule has 1 atom stereocenters. The molecule has 1 amide bonds. The number of para-hydroxylation sites is 1. The number of likely N-dealkylation sites (tertiary alicyclic amines) is 1. The number of hydrogen-bond acceptors (Lipinski definition) is 3. The van der Waals surface area contributed by atoms with Crippen molar-refractivity contribution in [3.05, 3.63) is 44.7 Å². The number of H-pyrrole nitrogens is 1. The number of pyridine rings is 1. The third-order valence-electron chi connectivity index (χ3n) is 4.66. The molecule has 5 nitrogen and oxygen atoms in total. The van der Waals surface area contributed by atoms with E-state index in [9.17, 15) is 9.59 Å². The third kappa shape index (κ3) is 3.36. The molecule has 1 saturated heterocycles. The second-order valence-corrected chi connectivity index (χ2v) is 7.67. The number of amides is 1. The highest BCUT2D eigenvalue weighted by Gasteiger charge is 2.36. The lowest BCUT2D eigenvalue weighted by Gasteiger charge is -2.42. The molecule has 1 unspecified atom stereocenters. The molecule has 0 aliphatic carbocycles. The summed E-state index contributed by atoms with van der Waals surface area (Å²) in [5.41, 5.74) is 6.83. The Labute approximate surface area is 155 Å². The van der Waals surface area contributed by atoms with E-state index in [-0.39, 0.29) is 35.3 Å². The van der Waals surface area contributed by atoms with E-state index in [4.69, 9.17) is 5.73 Å². The Morgan fingerprint density at radius 3 is 2.79 bits per heavy atom. The summed E-state index contributed by atoms with van der Waals surface area (Å²) >= 11 is 3.42. The van der Waals surface area contributed by atoms with Crippen molar-refractivity contribution >= 4 is 45.1 Å². The fourth-order valence-electron chi connectivity index (χ4n) is 3.14. The average molecular weight is 415 g/mol. The number of halogens is 2. The first-order valence-corrected chi connectivity index (χ1v) is 8.45. The topological polar surface area (TPSA) is 79.2 Å². The number of aromatic amines is 1. The number of aromatic nitrogens is 1. The van der Waals surface area contributed by atoms with Crippen LogP contribution in [0.1, 0.15) is 30.6 Å². The number of carbonyl (C=O) groups excluding carboxylic acids is 1. The molecule has 0 radical (unpaired) electrons. The van der Waals surface area contributed by atoms with Gasteiger partial charge in [0, 0.05) is 35.1 Å². The molecule has 3 N–H and O–H groups in total. The Balaban J connectivity index is 0.00000208. The van der Waals surface area contributed by atoms with Crippen LogP contribution >= 0.6 is 28.3 Å². The van der Waals surface area contributed by atoms with E-state index in [1.807, 2.05) is 18.2 Å². The molecule has 3 rings (SSSR count). The number of hydrogen-bond donors (Lipinski definition) is 2. The largest absolute Gasteiger partial charge is 0.338 e. The second-order valence-electron chi connectivity index (χ2n) is 6.82. The van der Waals surface area contributed by atoms with Crippen LogP contribution < -0.4 is 11.3 Å². The summed E-state index contributed by atoms with van der Waals surface area (Å²) in [4.78, 5) is 29.5. The van der Waals surface area contributed by atoms with E-state index in [0.717, 1.165) is 16.3 Å². The van der Waals surface area contributed by atoms with Crippen LogP contribution in [0, 0.1) is 5.41 Å². The fourth-order valence-corrected chi connectivity index (χ4v) is 3.60. The smallest absolute Gasteiger partial charge is 0.254 e. The number of carbonyl (C=O) groups is 1. The summed E-state index contributed by atoms with van der Waals surface area (Å²) in [5, 5.41) is 0.747. The maximum atomic E-state index is 13.0. The first-order valence-electron chi connectivity index (χ1n) is 7.66. The van der Waals surface area contributed by atoms with Gasteiger partial charge in [-0.3, -0.25) is 9.59 Å². The number of benzene rings is 1. The van der Waals surface area contributed by atoms with Crippen molar-refractivity contribution in [2.45, 2.75) is 26.3 Å². The lowest BCUT2D eigenvalue weighted by atomic mass is 9.79. The SMILES string of the molecule is CC1(C)CN(C(=O)c2cc(=O)[nH]c3c(Br)cccc23)CCC1N.Cl. The van der Waals surface area contributed by atoms with Crippen LogP contribution in [-0.2, 0) is 0 Å². The normalized spacial score (nSPS) is 19.8. The molecule has 1 aliphatic heterocycles. The van der Waals surface area contributed by atoms with E-state index in [1.165, 1.54) is 6.07 Å². The van der Waals surface area contributed by atoms with Gasteiger partial charge in [0.05, 0.1) is 11.1 Å². The fraction of sp³-hybridized carbons (Fsp3) is 0.412. The zero-order valence-electron chi connectivity index (χ0n) is 13.6. The Bertz CT molecular complexity index is 834. The monoisotopic (exact) mass is 413 g/mol. The van der Waals surface area contributed by atoms with Crippen LogP contribution in [0.5, 0.6) is 0 Å². The lowest BCUT2D eigenvalue weighted by molar-refractivity contribution is 0.0534. The Kier molecular flexibility index (Phi) is 5.42. The van der Waals surface area contributed by atoms with Crippen LogP contribution in [0.3, 0.4) is 0 Å². The molecule has 2 heterocycles. The van der Waals surface area contributed by atoms with Gasteiger partial charge in [-0.25, -0.2) is 0 Å². The van der Waals surface area contributed by atoms with Crippen LogP contribution in [0.2, 0.25) is 0 Å². The molecule has 1 aliphatic rings. The highest BCUT2D eigenvalue weighted by molar-refractivity contribution is 9.10. The molecular formula is C17H21BrClN3O2. The van der Waals surface area contributed by atoms with Crippen molar-refractivity contribution in [1.29, 1.82) is 0 Å². The maximum absolute atomic E-state index is 13.0. The molecule has 0 saturated carbocycles. The first kappa shape index (κ1) is 19.0. The van der Waals surface area contributed by atoms with Crippen LogP contribution in [0.4, 0.5) is 0 Å². The van der Waals surface area contributed by atoms with Gasteiger partial charge in [-0.2, -0.15) is 0 Å². The lowest BCUT2D eigenvalue weighted by Crippen LogP contribution is -2.54. The zero-order chi connectivity index (χ0) is 16.8. The molecule has 1 aromatic heterocycles. The minimum Gasteiger partial charge on any atom is -0.338 e. The van der Waals surface area contributed by atoms with Gasteiger partial charge < -0.3 is 15.6 Å². The van der Waals surface area contributed by atoms with Crippen molar-refractivity contribution < 1.29 is 4.79 Å². The van der Waals surface area contributed by atoms with Gasteiger partial charge in [-0.15, -0.1) is 12.4 Å². The summed E-state index contributed by atoms with van der Waals surface area (Å²) in [5.74, 6) is -0.112. The molecular weight excluding hydrogens is 394 g/mol. The second kappa shape index (κ2) is 6.86. The van der Waals surface area contributed by atoms with E-state index in [2.05, 4.69) is 34.8 Å². The van der Waals surface area contributed by atoms with E-state index >= 15 is 0 Å². The van der Waals surface area contributed by atoms with Crippen LogP contribution in [0.25, 0.3) is 10.9 Å². The number of rotatable bonds is 1. The average Bonchev–Trinajstić information content (AvgIpc) is 2.49. The quantitative estimate of drug-likeness (QED) is 0.753. The van der Waals surface area contributed by atoms with Crippen molar-refractivity contribution in [1.82, 2.24) is 9.88 Å². The summed E-state index contributed by atoms with van der Waals surface area (Å²) in [6, 6.07) is 7.02. The van der Waals surface area contributed by atoms with Gasteiger partial charge >= 0.3 is 0 Å². The number of nitrogens with one attached hydrogen (secondary N) is 1. The van der Waals surface area contributed by atoms with Gasteiger partial charge in [-0.1, -0.05) is 26.0 Å². The van der Waals surface area contributed by atoms with Crippen molar-refractivity contribution in [2.75, 3.05) is 13.1 Å². The zero-order valence-corrected chi connectivity index (χ0v) is 16.0. The highest BCUT2D eigenvalue weighted by atomic mass is 79.9. The van der Waals surface area contributed by atoms with E-state index in [0.29, 0.717) is 24.2 Å². The summed E-state index contributed by atoms with van der Waals surface area (Å²) < 4.78 is 0.766. The summed E-state index contributed by atoms with van der Waals surface area (Å²) in [7, 11) is 0. The van der Waals surface area contributed by atoms with Crippen LogP contribution in [-0.4, -0.2) is 34.9 Å². The van der Waals surface area contributed by atoms with Crippen molar-refractivity contribution in [3.8, 4) is 0 Å². The highest BCUT2D eigenvalue weighted by Crippen LogP contribution is 2.30. The molecule has 24 heavy (non-hydrogen) atoms. The Morgan fingerprint density at radius 2 is 2.12 bits per heavy atom. The number of nitrogens with two attached hydrogens (primary N) is 1. The Morgan fingerprint density at radius 1 is 1.42 bits per heavy atom. The van der Waals surface area contributed by atoms with Gasteiger partial charge in [-0.05, 0) is 33.8 Å². The summed E-state index contributed by atoms with van der Waals surface area (Å²) in [6.07, 6.45) is 0.767. The molecule has 7 heteroatoms. The number of fused-ring (bicyclic) bond motifs is 1. The maximum Gasteiger partial charge on any atom is 0.254 e. The molecule has 0 bridgehead atoms. The van der Waals surface area contributed by atoms with Crippen molar-refractivity contribution in [2.24, 2.45) is 11.1 Å². The van der Waals surface area contributed by atoms with E-state index < -0.39 is 0 Å². The van der Waals surface area contributed by atoms with Gasteiger partial charge in [0.2, 0.25) is 5.56 Å². The third-order valence-corrected chi connectivity index (χ3v) is 5.32. The Hall–Kier alpha value is -1.37. The van der Waals surface area contributed by atoms with Crippen molar-refractivity contribution in [3.63, 3.8) is 0 Å².